The second kappa shape index (κ2) is 17.7. The van der Waals surface area contributed by atoms with Crippen LogP contribution < -0.4 is 18.1 Å². The van der Waals surface area contributed by atoms with Gasteiger partial charge in [-0.3, -0.25) is 0 Å². The molecule has 0 fully saturated rings. The van der Waals surface area contributed by atoms with Crippen LogP contribution in [0.5, 0.6) is 23.0 Å². The minimum atomic E-state index is -3.48. The molecule has 0 aromatic heterocycles. The minimum absolute atomic E-state index is 0.553. The summed E-state index contributed by atoms with van der Waals surface area (Å²) in [6.07, 6.45) is 0. The number of hydrogen-bond acceptors (Lipinski definition) is 5. The zero-order valence-electron chi connectivity index (χ0n) is 32.2. The molecule has 0 bridgehead atoms. The molecule has 8 aromatic carbocycles. The van der Waals surface area contributed by atoms with Gasteiger partial charge in [-0.15, -0.1) is 4.52 Å². The topological polar surface area (TPSA) is 61.6 Å². The van der Waals surface area contributed by atoms with Crippen LogP contribution in [-0.4, -0.2) is 13.7 Å². The highest BCUT2D eigenvalue weighted by Crippen LogP contribution is 2.63. The van der Waals surface area contributed by atoms with Crippen molar-refractivity contribution in [3.8, 4) is 67.5 Å². The number of para-hydroxylation sites is 2. The maximum absolute atomic E-state index is 6.76. The van der Waals surface area contributed by atoms with Gasteiger partial charge in [-0.25, -0.2) is 4.74 Å². The Labute approximate surface area is 340 Å². The van der Waals surface area contributed by atoms with Crippen LogP contribution in [0.1, 0.15) is 0 Å². The Hall–Kier alpha value is -6.58. The van der Waals surface area contributed by atoms with E-state index >= 15 is 0 Å². The van der Waals surface area contributed by atoms with E-state index in [0.29, 0.717) is 23.0 Å². The van der Waals surface area contributed by atoms with Crippen LogP contribution in [0, 0.1) is 0 Å². The summed E-state index contributed by atoms with van der Waals surface area (Å²) in [4.78, 5) is 0. The molecule has 0 amide bonds. The Morgan fingerprint density at radius 1 is 0.293 bits per heavy atom. The van der Waals surface area contributed by atoms with Crippen molar-refractivity contribution in [2.75, 3.05) is 13.7 Å². The SMILES string of the molecule is CN=P(N=P(C)(Oc1ccccc1)Oc1ccc(-c2ccc(-c3ccccc3)cc2)cc1)(Oc1ccccc1)Oc1ccc(-c2ccc(-c3ccccc3)cc2)cc1. The molecule has 2 atom stereocenters. The summed E-state index contributed by atoms with van der Waals surface area (Å²) < 4.78 is 36.8. The Balaban J connectivity index is 1.10. The lowest BCUT2D eigenvalue weighted by molar-refractivity contribution is 0.462. The number of benzene rings is 8. The van der Waals surface area contributed by atoms with Crippen LogP contribution >= 0.6 is 15.2 Å². The van der Waals surface area contributed by atoms with Crippen molar-refractivity contribution >= 4 is 15.2 Å². The number of rotatable bonds is 13. The molecule has 58 heavy (non-hydrogen) atoms. The highest BCUT2D eigenvalue weighted by Gasteiger charge is 2.32. The van der Waals surface area contributed by atoms with Crippen LogP contribution in [0.15, 0.2) is 228 Å². The van der Waals surface area contributed by atoms with Crippen LogP contribution in [-0.2, 0) is 0 Å². The van der Waals surface area contributed by atoms with Crippen molar-refractivity contribution < 1.29 is 18.1 Å². The molecule has 286 valence electrons. The molecule has 0 aliphatic heterocycles. The molecule has 8 heteroatoms. The summed E-state index contributed by atoms with van der Waals surface area (Å²) in [7, 11) is -5.03. The summed E-state index contributed by atoms with van der Waals surface area (Å²) in [5.41, 5.74) is 9.00. The molecule has 0 heterocycles. The predicted octanol–water partition coefficient (Wildman–Crippen LogP) is 15.2. The van der Waals surface area contributed by atoms with Gasteiger partial charge in [-0.1, -0.05) is 170 Å². The molecule has 6 nitrogen and oxygen atoms in total. The lowest BCUT2D eigenvalue weighted by atomic mass is 10.0. The molecule has 0 saturated carbocycles. The Morgan fingerprint density at radius 3 is 0.862 bits per heavy atom. The third-order valence-electron chi connectivity index (χ3n) is 9.37. The third-order valence-corrected chi connectivity index (χ3v) is 14.1. The van der Waals surface area contributed by atoms with Gasteiger partial charge in [0.1, 0.15) is 23.0 Å². The van der Waals surface area contributed by atoms with Crippen molar-refractivity contribution in [2.45, 2.75) is 0 Å². The first kappa shape index (κ1) is 38.3. The van der Waals surface area contributed by atoms with Gasteiger partial charge in [-0.2, -0.15) is 0 Å². The first-order valence-electron chi connectivity index (χ1n) is 19.0. The molecule has 8 aromatic rings. The van der Waals surface area contributed by atoms with Gasteiger partial charge in [0, 0.05) is 13.7 Å². The predicted molar refractivity (Wildman–Crippen MR) is 241 cm³/mol. The quantitative estimate of drug-likeness (QED) is 0.109. The van der Waals surface area contributed by atoms with Gasteiger partial charge in [0.15, 0.2) is 0 Å². The van der Waals surface area contributed by atoms with Gasteiger partial charge in [0.25, 0.3) is 0 Å². The third kappa shape index (κ3) is 9.50. The summed E-state index contributed by atoms with van der Waals surface area (Å²) >= 11 is 0. The monoisotopic (exact) mass is 796 g/mol. The van der Waals surface area contributed by atoms with E-state index in [1.54, 1.807) is 7.05 Å². The van der Waals surface area contributed by atoms with Gasteiger partial charge in [0.05, 0.1) is 0 Å². The van der Waals surface area contributed by atoms with Crippen LogP contribution in [0.25, 0.3) is 44.5 Å². The van der Waals surface area contributed by atoms with Gasteiger partial charge in [0.2, 0.25) is 0 Å². The van der Waals surface area contributed by atoms with Crippen molar-refractivity contribution in [1.82, 2.24) is 0 Å². The second-order valence-corrected chi connectivity index (χ2v) is 17.9. The highest BCUT2D eigenvalue weighted by molar-refractivity contribution is 7.67. The fourth-order valence-electron chi connectivity index (χ4n) is 6.45. The van der Waals surface area contributed by atoms with Gasteiger partial charge >= 0.3 is 15.2 Å². The van der Waals surface area contributed by atoms with Crippen LogP contribution in [0.3, 0.4) is 0 Å². The first-order chi connectivity index (χ1) is 28.4. The van der Waals surface area contributed by atoms with Crippen molar-refractivity contribution in [3.63, 3.8) is 0 Å². The Morgan fingerprint density at radius 2 is 0.534 bits per heavy atom. The Bertz CT molecular complexity index is 2660. The zero-order chi connectivity index (χ0) is 39.6. The average molecular weight is 797 g/mol. The maximum atomic E-state index is 6.76. The molecule has 0 aliphatic carbocycles. The van der Waals surface area contributed by atoms with E-state index in [1.165, 1.54) is 22.3 Å². The number of hydrogen-bond donors (Lipinski definition) is 0. The standard InChI is InChI=1S/C50H42N2O4P2/c1-51-58(55-48-21-13-6-14-22-48,56-50-37-33-46(34-38-50)44-29-25-42(26-30-44)40-17-9-4-10-18-40)52-57(2,53-47-19-11-5-12-20-47)54-49-35-31-45(32-36-49)43-27-23-41(24-28-43)39-15-7-3-8-16-39/h3-38H,1-2H3. The summed E-state index contributed by atoms with van der Waals surface area (Å²) in [6.45, 7) is 1.86. The van der Waals surface area contributed by atoms with E-state index in [4.69, 9.17) is 27.4 Å². The van der Waals surface area contributed by atoms with Gasteiger partial charge in [-0.05, 0) is 93.0 Å². The molecule has 8 rings (SSSR count). The molecule has 0 N–H and O–H groups in total. The molecular formula is C50H42N2O4P2. The summed E-state index contributed by atoms with van der Waals surface area (Å²) in [5.74, 6) is 2.32. The molecule has 0 aliphatic rings. The van der Waals surface area contributed by atoms with E-state index in [9.17, 15) is 0 Å². The second-order valence-electron chi connectivity index (χ2n) is 13.5. The van der Waals surface area contributed by atoms with E-state index in [-0.39, 0.29) is 0 Å². The molecule has 2 unspecified atom stereocenters. The maximum Gasteiger partial charge on any atom is 0.448 e. The van der Waals surface area contributed by atoms with Crippen LogP contribution in [0.2, 0.25) is 0 Å². The van der Waals surface area contributed by atoms with Crippen molar-refractivity contribution in [3.05, 3.63) is 218 Å². The van der Waals surface area contributed by atoms with E-state index in [0.717, 1.165) is 22.3 Å². The average Bonchev–Trinajstić information content (AvgIpc) is 3.28. The lowest BCUT2D eigenvalue weighted by Crippen LogP contribution is -2.05. The largest absolute Gasteiger partial charge is 0.448 e. The van der Waals surface area contributed by atoms with Crippen LogP contribution in [0.4, 0.5) is 0 Å². The normalized spacial score (nSPS) is 12.9. The van der Waals surface area contributed by atoms with Gasteiger partial charge < -0.3 is 18.1 Å². The van der Waals surface area contributed by atoms with Crippen molar-refractivity contribution in [1.29, 1.82) is 0 Å². The fraction of sp³-hybridized carbons (Fsp3) is 0.0400. The summed E-state index contributed by atoms with van der Waals surface area (Å²) in [5, 5.41) is 0. The minimum Gasteiger partial charge on any atom is -0.430 e. The summed E-state index contributed by atoms with van der Waals surface area (Å²) in [6, 6.07) is 72.7. The van der Waals surface area contributed by atoms with E-state index < -0.39 is 15.2 Å². The highest BCUT2D eigenvalue weighted by atomic mass is 31.2. The smallest absolute Gasteiger partial charge is 0.430 e. The number of nitrogens with zero attached hydrogens (tertiary/aromatic N) is 2. The van der Waals surface area contributed by atoms with E-state index in [1.807, 2.05) is 128 Å². The molecule has 0 spiro atoms. The Kier molecular flexibility index (Phi) is 11.7. The molecule has 0 radical (unpaired) electrons. The van der Waals surface area contributed by atoms with E-state index in [2.05, 4.69) is 97.1 Å². The zero-order valence-corrected chi connectivity index (χ0v) is 34.0. The fourth-order valence-corrected chi connectivity index (χ4v) is 11.1. The first-order valence-corrected chi connectivity index (χ1v) is 22.5. The van der Waals surface area contributed by atoms with Crippen molar-refractivity contribution in [2.24, 2.45) is 9.26 Å². The lowest BCUT2D eigenvalue weighted by Gasteiger charge is -2.27. The molecular weight excluding hydrogens is 755 g/mol. The molecule has 0 saturated heterocycles.